The van der Waals surface area contributed by atoms with Crippen molar-refractivity contribution >= 4 is 17.7 Å². The standard InChI is InChI=1S/C22H26N4O3S/c1-28-15-14-26-21(18-9-4-3-5-10-18)24-25-22(26)30-16-20(27)23-13-12-17-8-6-7-11-19(17)29-2/h3-11H,12-16H2,1-2H3,(H,23,27). The molecule has 0 atom stereocenters. The lowest BCUT2D eigenvalue weighted by Crippen LogP contribution is -2.27. The van der Waals surface area contributed by atoms with E-state index in [-0.39, 0.29) is 11.7 Å². The highest BCUT2D eigenvalue weighted by Gasteiger charge is 2.15. The van der Waals surface area contributed by atoms with Crippen molar-refractivity contribution in [1.29, 1.82) is 0 Å². The van der Waals surface area contributed by atoms with Gasteiger partial charge in [-0.25, -0.2) is 0 Å². The van der Waals surface area contributed by atoms with Gasteiger partial charge in [-0.2, -0.15) is 0 Å². The maximum absolute atomic E-state index is 12.3. The molecule has 3 rings (SSSR count). The molecule has 1 aromatic heterocycles. The fourth-order valence-electron chi connectivity index (χ4n) is 3.01. The van der Waals surface area contributed by atoms with Crippen LogP contribution in [0.2, 0.25) is 0 Å². The molecule has 1 amide bonds. The van der Waals surface area contributed by atoms with Crippen LogP contribution < -0.4 is 10.1 Å². The SMILES string of the molecule is COCCn1c(SCC(=O)NCCc2ccccc2OC)nnc1-c1ccccc1. The molecule has 1 N–H and O–H groups in total. The molecule has 0 saturated carbocycles. The number of amides is 1. The Morgan fingerprint density at radius 1 is 1.07 bits per heavy atom. The molecule has 1 heterocycles. The quantitative estimate of drug-likeness (QED) is 0.475. The van der Waals surface area contributed by atoms with Gasteiger partial charge in [0.2, 0.25) is 5.91 Å². The summed E-state index contributed by atoms with van der Waals surface area (Å²) in [6.07, 6.45) is 0.711. The maximum Gasteiger partial charge on any atom is 0.230 e. The van der Waals surface area contributed by atoms with Crippen molar-refractivity contribution in [2.24, 2.45) is 0 Å². The second-order valence-corrected chi connectivity index (χ2v) is 7.46. The third-order valence-corrected chi connectivity index (χ3v) is 5.48. The molecule has 0 aliphatic heterocycles. The van der Waals surface area contributed by atoms with Gasteiger partial charge in [0.05, 0.1) is 26.0 Å². The van der Waals surface area contributed by atoms with Crippen molar-refractivity contribution in [2.75, 3.05) is 33.1 Å². The molecule has 30 heavy (non-hydrogen) atoms. The minimum absolute atomic E-state index is 0.0440. The summed E-state index contributed by atoms with van der Waals surface area (Å²) in [5.41, 5.74) is 2.05. The first-order chi connectivity index (χ1) is 14.7. The molecule has 0 aliphatic carbocycles. The predicted octanol–water partition coefficient (Wildman–Crippen LogP) is 3.05. The number of nitrogens with one attached hydrogen (secondary N) is 1. The van der Waals surface area contributed by atoms with Crippen LogP contribution in [0.25, 0.3) is 11.4 Å². The van der Waals surface area contributed by atoms with E-state index in [9.17, 15) is 4.79 Å². The Kier molecular flexibility index (Phi) is 8.29. The number of carbonyl (C=O) groups is 1. The number of ether oxygens (including phenoxy) is 2. The monoisotopic (exact) mass is 426 g/mol. The summed E-state index contributed by atoms with van der Waals surface area (Å²) in [7, 11) is 3.31. The smallest absolute Gasteiger partial charge is 0.230 e. The van der Waals surface area contributed by atoms with Crippen LogP contribution in [0.1, 0.15) is 5.56 Å². The van der Waals surface area contributed by atoms with Crippen LogP contribution in [0.3, 0.4) is 0 Å². The van der Waals surface area contributed by atoms with Crippen LogP contribution in [0.5, 0.6) is 5.75 Å². The lowest BCUT2D eigenvalue weighted by Gasteiger charge is -2.10. The lowest BCUT2D eigenvalue weighted by atomic mass is 10.1. The molecule has 0 unspecified atom stereocenters. The Morgan fingerprint density at radius 2 is 1.83 bits per heavy atom. The Labute approximate surface area is 180 Å². The molecular formula is C22H26N4O3S. The van der Waals surface area contributed by atoms with Gasteiger partial charge >= 0.3 is 0 Å². The highest BCUT2D eigenvalue weighted by atomic mass is 32.2. The van der Waals surface area contributed by atoms with E-state index in [2.05, 4.69) is 15.5 Å². The molecule has 8 heteroatoms. The summed E-state index contributed by atoms with van der Waals surface area (Å²) in [5, 5.41) is 12.3. The Morgan fingerprint density at radius 3 is 2.60 bits per heavy atom. The molecule has 158 valence electrons. The second kappa shape index (κ2) is 11.4. The van der Waals surface area contributed by atoms with Crippen LogP contribution in [0, 0.1) is 0 Å². The molecule has 0 aliphatic rings. The average molecular weight is 427 g/mol. The minimum Gasteiger partial charge on any atom is -0.496 e. The number of nitrogens with zero attached hydrogens (tertiary/aromatic N) is 3. The van der Waals surface area contributed by atoms with Gasteiger partial charge in [0.25, 0.3) is 0 Å². The largest absolute Gasteiger partial charge is 0.496 e. The molecule has 0 fully saturated rings. The topological polar surface area (TPSA) is 78.3 Å². The summed E-state index contributed by atoms with van der Waals surface area (Å²) in [4.78, 5) is 12.3. The minimum atomic E-state index is -0.0440. The van der Waals surface area contributed by atoms with Crippen LogP contribution in [0.4, 0.5) is 0 Å². The van der Waals surface area contributed by atoms with Gasteiger partial charge in [0, 0.05) is 19.2 Å². The van der Waals surface area contributed by atoms with Crippen LogP contribution in [-0.4, -0.2) is 53.8 Å². The fraction of sp³-hybridized carbons (Fsp3) is 0.318. The van der Waals surface area contributed by atoms with Crippen molar-refractivity contribution in [2.45, 2.75) is 18.1 Å². The predicted molar refractivity (Wildman–Crippen MR) is 118 cm³/mol. The van der Waals surface area contributed by atoms with Gasteiger partial charge in [-0.3, -0.25) is 9.36 Å². The molecule has 7 nitrogen and oxygen atoms in total. The van der Waals surface area contributed by atoms with Crippen molar-refractivity contribution in [1.82, 2.24) is 20.1 Å². The van der Waals surface area contributed by atoms with E-state index >= 15 is 0 Å². The second-order valence-electron chi connectivity index (χ2n) is 6.52. The Balaban J connectivity index is 1.57. The van der Waals surface area contributed by atoms with E-state index in [0.717, 1.165) is 22.7 Å². The summed E-state index contributed by atoms with van der Waals surface area (Å²) < 4.78 is 12.6. The average Bonchev–Trinajstić information content (AvgIpc) is 3.19. The van der Waals surface area contributed by atoms with Gasteiger partial charge < -0.3 is 14.8 Å². The third-order valence-electron chi connectivity index (χ3n) is 4.51. The highest BCUT2D eigenvalue weighted by molar-refractivity contribution is 7.99. The molecular weight excluding hydrogens is 400 g/mol. The molecule has 0 spiro atoms. The number of hydrogen-bond donors (Lipinski definition) is 1. The lowest BCUT2D eigenvalue weighted by molar-refractivity contribution is -0.118. The van der Waals surface area contributed by atoms with Crippen molar-refractivity contribution in [3.8, 4) is 17.1 Å². The van der Waals surface area contributed by atoms with Crippen LogP contribution >= 0.6 is 11.8 Å². The van der Waals surface area contributed by atoms with Crippen molar-refractivity contribution < 1.29 is 14.3 Å². The normalized spacial score (nSPS) is 10.7. The first kappa shape index (κ1) is 21.9. The molecule has 0 radical (unpaired) electrons. The van der Waals surface area contributed by atoms with E-state index in [1.165, 1.54) is 11.8 Å². The number of thioether (sulfide) groups is 1. The Hall–Kier alpha value is -2.84. The third kappa shape index (κ3) is 5.84. The first-order valence-electron chi connectivity index (χ1n) is 9.72. The highest BCUT2D eigenvalue weighted by Crippen LogP contribution is 2.24. The number of rotatable bonds is 11. The maximum atomic E-state index is 12.3. The molecule has 3 aromatic rings. The molecule has 2 aromatic carbocycles. The molecule has 0 bridgehead atoms. The van der Waals surface area contributed by atoms with Crippen LogP contribution in [0.15, 0.2) is 59.8 Å². The zero-order valence-corrected chi connectivity index (χ0v) is 18.0. The van der Waals surface area contributed by atoms with E-state index in [0.29, 0.717) is 31.3 Å². The van der Waals surface area contributed by atoms with E-state index in [1.807, 2.05) is 59.2 Å². The fourth-order valence-corrected chi connectivity index (χ4v) is 3.80. The number of methoxy groups -OCH3 is 2. The Bertz CT molecular complexity index is 947. The van der Waals surface area contributed by atoms with Gasteiger partial charge in [-0.15, -0.1) is 10.2 Å². The first-order valence-corrected chi connectivity index (χ1v) is 10.7. The molecule has 0 saturated heterocycles. The van der Waals surface area contributed by atoms with Gasteiger partial charge in [-0.05, 0) is 18.1 Å². The van der Waals surface area contributed by atoms with E-state index < -0.39 is 0 Å². The summed E-state index contributed by atoms with van der Waals surface area (Å²) >= 11 is 1.37. The zero-order valence-electron chi connectivity index (χ0n) is 17.2. The number of hydrogen-bond acceptors (Lipinski definition) is 6. The van der Waals surface area contributed by atoms with Crippen LogP contribution in [-0.2, 0) is 22.5 Å². The number of aromatic nitrogens is 3. The number of para-hydroxylation sites is 1. The van der Waals surface area contributed by atoms with E-state index in [4.69, 9.17) is 9.47 Å². The number of benzene rings is 2. The van der Waals surface area contributed by atoms with Crippen molar-refractivity contribution in [3.05, 3.63) is 60.2 Å². The van der Waals surface area contributed by atoms with Gasteiger partial charge in [-0.1, -0.05) is 60.3 Å². The zero-order chi connectivity index (χ0) is 21.2. The van der Waals surface area contributed by atoms with Gasteiger partial charge in [0.1, 0.15) is 5.75 Å². The van der Waals surface area contributed by atoms with Gasteiger partial charge in [0.15, 0.2) is 11.0 Å². The number of carbonyl (C=O) groups excluding carboxylic acids is 1. The summed E-state index contributed by atoms with van der Waals surface area (Å²) in [5.74, 6) is 1.83. The van der Waals surface area contributed by atoms with E-state index in [1.54, 1.807) is 14.2 Å². The summed E-state index contributed by atoms with van der Waals surface area (Å²) in [6, 6.07) is 17.7. The summed E-state index contributed by atoms with van der Waals surface area (Å²) in [6.45, 7) is 1.70. The van der Waals surface area contributed by atoms with Crippen molar-refractivity contribution in [3.63, 3.8) is 0 Å².